The molecule has 0 amide bonds. The van der Waals surface area contributed by atoms with Crippen molar-refractivity contribution in [3.8, 4) is 0 Å². The van der Waals surface area contributed by atoms with Crippen LogP contribution in [0.1, 0.15) is 39.5 Å². The molecule has 1 heterocycles. The first-order valence-corrected chi connectivity index (χ1v) is 7.52. The zero-order valence-electron chi connectivity index (χ0n) is 11.9. The molecule has 0 unspecified atom stereocenters. The van der Waals surface area contributed by atoms with Crippen LogP contribution < -0.4 is 5.32 Å². The summed E-state index contributed by atoms with van der Waals surface area (Å²) in [5.74, 6) is 0. The summed E-state index contributed by atoms with van der Waals surface area (Å²) >= 11 is 0. The number of hydrogen-bond acceptors (Lipinski definition) is 3. The van der Waals surface area contributed by atoms with Crippen molar-refractivity contribution in [2.24, 2.45) is 0 Å². The maximum atomic E-state index is 3.47. The van der Waals surface area contributed by atoms with E-state index in [1.54, 1.807) is 0 Å². The van der Waals surface area contributed by atoms with E-state index in [1.807, 2.05) is 0 Å². The van der Waals surface area contributed by atoms with Gasteiger partial charge in [-0.05, 0) is 51.9 Å². The minimum absolute atomic E-state index is 1.18. The van der Waals surface area contributed by atoms with Gasteiger partial charge in [-0.25, -0.2) is 0 Å². The molecule has 1 saturated heterocycles. The standard InChI is InChI=1S/C14H31N3/c1-3-7-15-8-5-6-10-17-13-11-16(9-4-2)12-14-17/h15H,3-14H2,1-2H3. The Morgan fingerprint density at radius 2 is 1.41 bits per heavy atom. The lowest BCUT2D eigenvalue weighted by Gasteiger charge is -2.34. The highest BCUT2D eigenvalue weighted by Gasteiger charge is 2.14. The number of piperazine rings is 1. The van der Waals surface area contributed by atoms with Crippen LogP contribution in [0.15, 0.2) is 0 Å². The van der Waals surface area contributed by atoms with Crippen molar-refractivity contribution in [3.63, 3.8) is 0 Å². The maximum absolute atomic E-state index is 3.47. The molecule has 0 atom stereocenters. The molecule has 102 valence electrons. The smallest absolute Gasteiger partial charge is 0.0110 e. The van der Waals surface area contributed by atoms with Crippen molar-refractivity contribution in [2.45, 2.75) is 39.5 Å². The summed E-state index contributed by atoms with van der Waals surface area (Å²) in [6.45, 7) is 14.6. The predicted octanol–water partition coefficient (Wildman–Crippen LogP) is 1.79. The van der Waals surface area contributed by atoms with Gasteiger partial charge in [0.2, 0.25) is 0 Å². The molecule has 0 saturated carbocycles. The van der Waals surface area contributed by atoms with E-state index in [-0.39, 0.29) is 0 Å². The van der Waals surface area contributed by atoms with E-state index in [0.29, 0.717) is 0 Å². The first-order chi connectivity index (χ1) is 8.36. The fourth-order valence-electron chi connectivity index (χ4n) is 2.44. The molecule has 0 spiro atoms. The molecule has 17 heavy (non-hydrogen) atoms. The third kappa shape index (κ3) is 7.02. The first kappa shape index (κ1) is 14.9. The van der Waals surface area contributed by atoms with Crippen molar-refractivity contribution in [2.75, 3.05) is 52.4 Å². The van der Waals surface area contributed by atoms with Crippen molar-refractivity contribution in [1.82, 2.24) is 15.1 Å². The van der Waals surface area contributed by atoms with Gasteiger partial charge in [-0.2, -0.15) is 0 Å². The van der Waals surface area contributed by atoms with Crippen LogP contribution in [0.3, 0.4) is 0 Å². The molecule has 3 nitrogen and oxygen atoms in total. The van der Waals surface area contributed by atoms with Gasteiger partial charge in [0, 0.05) is 26.2 Å². The fraction of sp³-hybridized carbons (Fsp3) is 1.00. The van der Waals surface area contributed by atoms with Gasteiger partial charge in [0.05, 0.1) is 0 Å². The molecule has 1 fully saturated rings. The summed E-state index contributed by atoms with van der Waals surface area (Å²) in [7, 11) is 0. The summed E-state index contributed by atoms with van der Waals surface area (Å²) < 4.78 is 0. The molecule has 0 radical (unpaired) electrons. The first-order valence-electron chi connectivity index (χ1n) is 7.52. The van der Waals surface area contributed by atoms with Gasteiger partial charge in [0.25, 0.3) is 0 Å². The van der Waals surface area contributed by atoms with Gasteiger partial charge in [-0.15, -0.1) is 0 Å². The third-order valence-electron chi connectivity index (χ3n) is 3.51. The van der Waals surface area contributed by atoms with Crippen LogP contribution in [0.2, 0.25) is 0 Å². The Morgan fingerprint density at radius 3 is 2.00 bits per heavy atom. The topological polar surface area (TPSA) is 18.5 Å². The SMILES string of the molecule is CCCNCCCCN1CCN(CCC)CC1. The molecular formula is C14H31N3. The maximum Gasteiger partial charge on any atom is 0.0110 e. The minimum atomic E-state index is 1.18. The van der Waals surface area contributed by atoms with E-state index in [2.05, 4.69) is 29.0 Å². The van der Waals surface area contributed by atoms with Gasteiger partial charge in [0.1, 0.15) is 0 Å². The molecule has 1 aliphatic rings. The molecular weight excluding hydrogens is 210 g/mol. The second-order valence-corrected chi connectivity index (χ2v) is 5.14. The number of nitrogens with zero attached hydrogens (tertiary/aromatic N) is 2. The van der Waals surface area contributed by atoms with Crippen molar-refractivity contribution < 1.29 is 0 Å². The molecule has 0 aliphatic carbocycles. The Morgan fingerprint density at radius 1 is 0.765 bits per heavy atom. The number of nitrogens with one attached hydrogen (secondary N) is 1. The molecule has 1 N–H and O–H groups in total. The highest BCUT2D eigenvalue weighted by molar-refractivity contribution is 4.71. The van der Waals surface area contributed by atoms with Crippen LogP contribution in [-0.2, 0) is 0 Å². The van der Waals surface area contributed by atoms with Crippen LogP contribution in [0.25, 0.3) is 0 Å². The van der Waals surface area contributed by atoms with Crippen molar-refractivity contribution in [3.05, 3.63) is 0 Å². The summed E-state index contributed by atoms with van der Waals surface area (Å²) in [6, 6.07) is 0. The lowest BCUT2D eigenvalue weighted by Crippen LogP contribution is -2.46. The van der Waals surface area contributed by atoms with E-state index >= 15 is 0 Å². The van der Waals surface area contributed by atoms with E-state index in [9.17, 15) is 0 Å². The number of unbranched alkanes of at least 4 members (excludes halogenated alkanes) is 1. The van der Waals surface area contributed by atoms with E-state index < -0.39 is 0 Å². The second kappa shape index (κ2) is 9.86. The molecule has 0 bridgehead atoms. The van der Waals surface area contributed by atoms with Crippen molar-refractivity contribution in [1.29, 1.82) is 0 Å². The van der Waals surface area contributed by atoms with Crippen LogP contribution in [0.4, 0.5) is 0 Å². The quantitative estimate of drug-likeness (QED) is 0.621. The largest absolute Gasteiger partial charge is 0.317 e. The summed E-state index contributed by atoms with van der Waals surface area (Å²) in [4.78, 5) is 5.23. The van der Waals surface area contributed by atoms with Gasteiger partial charge in [-0.3, -0.25) is 0 Å². The lowest BCUT2D eigenvalue weighted by molar-refractivity contribution is 0.131. The average molecular weight is 241 g/mol. The zero-order chi connectivity index (χ0) is 12.3. The monoisotopic (exact) mass is 241 g/mol. The molecule has 1 rings (SSSR count). The normalized spacial score (nSPS) is 18.7. The van der Waals surface area contributed by atoms with E-state index in [0.717, 1.165) is 0 Å². The second-order valence-electron chi connectivity index (χ2n) is 5.14. The van der Waals surface area contributed by atoms with Gasteiger partial charge >= 0.3 is 0 Å². The Hall–Kier alpha value is -0.120. The molecule has 0 aromatic rings. The average Bonchev–Trinajstić information content (AvgIpc) is 2.36. The van der Waals surface area contributed by atoms with Crippen LogP contribution in [-0.4, -0.2) is 62.2 Å². The Kier molecular flexibility index (Phi) is 8.67. The Labute approximate surface area is 108 Å². The highest BCUT2D eigenvalue weighted by Crippen LogP contribution is 2.03. The van der Waals surface area contributed by atoms with Crippen LogP contribution in [0.5, 0.6) is 0 Å². The lowest BCUT2D eigenvalue weighted by atomic mass is 10.2. The minimum Gasteiger partial charge on any atom is -0.317 e. The molecule has 0 aromatic heterocycles. The fourth-order valence-corrected chi connectivity index (χ4v) is 2.44. The summed E-state index contributed by atoms with van der Waals surface area (Å²) in [6.07, 6.45) is 5.22. The van der Waals surface area contributed by atoms with Crippen LogP contribution in [0, 0.1) is 0 Å². The van der Waals surface area contributed by atoms with Gasteiger partial charge in [-0.1, -0.05) is 13.8 Å². The Bertz CT molecular complexity index is 165. The van der Waals surface area contributed by atoms with Gasteiger partial charge in [0.15, 0.2) is 0 Å². The third-order valence-corrected chi connectivity index (χ3v) is 3.51. The number of hydrogen-bond donors (Lipinski definition) is 1. The van der Waals surface area contributed by atoms with Crippen LogP contribution >= 0.6 is 0 Å². The van der Waals surface area contributed by atoms with E-state index in [4.69, 9.17) is 0 Å². The zero-order valence-corrected chi connectivity index (χ0v) is 11.9. The van der Waals surface area contributed by atoms with E-state index in [1.165, 1.54) is 78.0 Å². The molecule has 0 aromatic carbocycles. The summed E-state index contributed by atoms with van der Waals surface area (Å²) in [5.41, 5.74) is 0. The number of rotatable bonds is 9. The molecule has 1 aliphatic heterocycles. The molecule has 3 heteroatoms. The van der Waals surface area contributed by atoms with Crippen molar-refractivity contribution >= 4 is 0 Å². The highest BCUT2D eigenvalue weighted by atomic mass is 15.3. The Balaban J connectivity index is 1.91. The summed E-state index contributed by atoms with van der Waals surface area (Å²) in [5, 5.41) is 3.47. The van der Waals surface area contributed by atoms with Gasteiger partial charge < -0.3 is 15.1 Å². The predicted molar refractivity (Wildman–Crippen MR) is 75.6 cm³/mol.